The Morgan fingerprint density at radius 2 is 1.39 bits per heavy atom. The zero-order valence-electron chi connectivity index (χ0n) is 34.9. The minimum absolute atomic E-state index is 0.0975. The van der Waals surface area contributed by atoms with Crippen LogP contribution in [0.3, 0.4) is 0 Å². The molecule has 4 saturated carbocycles. The molecule has 0 spiro atoms. The molecule has 10 atom stereocenters. The lowest BCUT2D eigenvalue weighted by atomic mass is 9.33. The number of carboxylic acids is 1. The fourth-order valence-electron chi connectivity index (χ4n) is 13.7. The van der Waals surface area contributed by atoms with Crippen molar-refractivity contribution in [3.8, 4) is 0 Å². The maximum absolute atomic E-state index is 13.0. The summed E-state index contributed by atoms with van der Waals surface area (Å²) in [6.45, 7) is 21.0. The van der Waals surface area contributed by atoms with Gasteiger partial charge in [-0.15, -0.1) is 0 Å². The van der Waals surface area contributed by atoms with Gasteiger partial charge in [0, 0.05) is 6.61 Å². The van der Waals surface area contributed by atoms with Gasteiger partial charge in [-0.25, -0.2) is 0 Å². The van der Waals surface area contributed by atoms with Crippen molar-refractivity contribution in [2.24, 2.45) is 56.7 Å². The van der Waals surface area contributed by atoms with Gasteiger partial charge >= 0.3 is 5.97 Å². The van der Waals surface area contributed by atoms with Crippen molar-refractivity contribution in [1.29, 1.82) is 0 Å². The lowest BCUT2D eigenvalue weighted by molar-refractivity contribution is -0.213. The summed E-state index contributed by atoms with van der Waals surface area (Å²) in [7, 11) is 0. The normalized spacial score (nSPS) is 40.2. The molecule has 4 fully saturated rings. The molecule has 0 saturated heterocycles. The summed E-state index contributed by atoms with van der Waals surface area (Å²) in [5, 5.41) is 10.7. The highest BCUT2D eigenvalue weighted by atomic mass is 16.5. The Bertz CT molecular complexity index is 1200. The second-order valence-corrected chi connectivity index (χ2v) is 20.3. The van der Waals surface area contributed by atoms with E-state index in [-0.39, 0.29) is 22.2 Å². The number of unbranched alkanes of at least 4 members (excludes halogenated alkanes) is 12. The molecule has 1 N–H and O–H groups in total. The monoisotopic (exact) mass is 707 g/mol. The van der Waals surface area contributed by atoms with E-state index in [1.807, 2.05) is 0 Å². The first-order valence-electron chi connectivity index (χ1n) is 22.5. The van der Waals surface area contributed by atoms with E-state index in [9.17, 15) is 9.90 Å². The number of allylic oxidation sites excluding steroid dienone is 4. The summed E-state index contributed by atoms with van der Waals surface area (Å²) in [6.07, 6.45) is 36.7. The predicted molar refractivity (Wildman–Crippen MR) is 216 cm³/mol. The fourth-order valence-corrected chi connectivity index (χ4v) is 13.7. The summed E-state index contributed by atoms with van der Waals surface area (Å²) in [5.41, 5.74) is 1.81. The van der Waals surface area contributed by atoms with Crippen molar-refractivity contribution in [3.05, 3.63) is 23.8 Å². The van der Waals surface area contributed by atoms with Gasteiger partial charge in [0.25, 0.3) is 0 Å². The fraction of sp³-hybridized carbons (Fsp3) is 0.896. The molecule has 5 aliphatic rings. The molecule has 0 aliphatic heterocycles. The molecule has 3 heteroatoms. The Balaban J connectivity index is 1.09. The lowest BCUT2D eigenvalue weighted by Gasteiger charge is -2.71. The zero-order chi connectivity index (χ0) is 36.9. The van der Waals surface area contributed by atoms with Gasteiger partial charge in [0.1, 0.15) is 0 Å². The van der Waals surface area contributed by atoms with Crippen LogP contribution in [0.15, 0.2) is 23.8 Å². The molecule has 0 aromatic rings. The Hall–Kier alpha value is -1.09. The minimum atomic E-state index is -0.553. The molecular weight excluding hydrogens is 625 g/mol. The summed E-state index contributed by atoms with van der Waals surface area (Å²) in [4.78, 5) is 13.0. The summed E-state index contributed by atoms with van der Waals surface area (Å²) in [5.74, 6) is 2.04. The molecule has 0 amide bonds. The maximum atomic E-state index is 13.0. The van der Waals surface area contributed by atoms with E-state index >= 15 is 0 Å². The molecule has 0 aromatic heterocycles. The van der Waals surface area contributed by atoms with Crippen LogP contribution < -0.4 is 0 Å². The number of fused-ring (bicyclic) bond motifs is 7. The van der Waals surface area contributed by atoms with Gasteiger partial charge in [0.05, 0.1) is 11.5 Å². The summed E-state index contributed by atoms with van der Waals surface area (Å²) in [6, 6.07) is 0. The molecule has 5 aliphatic carbocycles. The highest BCUT2D eigenvalue weighted by molar-refractivity contribution is 5.76. The molecular formula is C48H82O3. The molecule has 0 bridgehead atoms. The zero-order valence-corrected chi connectivity index (χ0v) is 34.9. The van der Waals surface area contributed by atoms with Crippen molar-refractivity contribution in [2.45, 2.75) is 209 Å². The molecule has 0 radical (unpaired) electrons. The van der Waals surface area contributed by atoms with Crippen LogP contribution in [0.2, 0.25) is 0 Å². The largest absolute Gasteiger partial charge is 0.481 e. The van der Waals surface area contributed by atoms with Gasteiger partial charge in [-0.2, -0.15) is 0 Å². The second-order valence-electron chi connectivity index (χ2n) is 20.3. The van der Waals surface area contributed by atoms with Crippen LogP contribution in [0.4, 0.5) is 0 Å². The quantitative estimate of drug-likeness (QED) is 0.114. The van der Waals surface area contributed by atoms with Crippen LogP contribution in [0.5, 0.6) is 0 Å². The Morgan fingerprint density at radius 1 is 0.765 bits per heavy atom. The number of carboxylic acid groups (broad SMARTS) is 1. The van der Waals surface area contributed by atoms with Crippen LogP contribution in [0.25, 0.3) is 0 Å². The number of ether oxygens (including phenoxy) is 1. The third-order valence-corrected chi connectivity index (χ3v) is 17.3. The molecule has 0 aromatic carbocycles. The van der Waals surface area contributed by atoms with Gasteiger partial charge in [-0.3, -0.25) is 4.79 Å². The van der Waals surface area contributed by atoms with Gasteiger partial charge < -0.3 is 9.84 Å². The Labute approximate surface area is 316 Å². The maximum Gasteiger partial charge on any atom is 0.310 e. The van der Waals surface area contributed by atoms with Crippen molar-refractivity contribution in [1.82, 2.24) is 0 Å². The van der Waals surface area contributed by atoms with Gasteiger partial charge in [-0.05, 0) is 141 Å². The summed E-state index contributed by atoms with van der Waals surface area (Å²) < 4.78 is 6.82. The van der Waals surface area contributed by atoms with Crippen LogP contribution in [-0.4, -0.2) is 23.8 Å². The molecule has 1 unspecified atom stereocenters. The van der Waals surface area contributed by atoms with Crippen molar-refractivity contribution < 1.29 is 14.6 Å². The van der Waals surface area contributed by atoms with Crippen LogP contribution in [0, 0.1) is 56.7 Å². The smallest absolute Gasteiger partial charge is 0.310 e. The van der Waals surface area contributed by atoms with Gasteiger partial charge in [0.15, 0.2) is 0 Å². The Kier molecular flexibility index (Phi) is 13.8. The van der Waals surface area contributed by atoms with E-state index in [4.69, 9.17) is 4.74 Å². The average Bonchev–Trinajstić information content (AvgIpc) is 3.08. The lowest BCUT2D eigenvalue weighted by Crippen LogP contribution is -2.65. The van der Waals surface area contributed by atoms with E-state index in [1.165, 1.54) is 116 Å². The highest BCUT2D eigenvalue weighted by Crippen LogP contribution is 2.75. The first-order chi connectivity index (χ1) is 24.3. The van der Waals surface area contributed by atoms with Crippen molar-refractivity contribution >= 4 is 5.97 Å². The van der Waals surface area contributed by atoms with E-state index in [1.54, 1.807) is 5.57 Å². The van der Waals surface area contributed by atoms with E-state index in [0.717, 1.165) is 38.7 Å². The van der Waals surface area contributed by atoms with E-state index in [0.29, 0.717) is 35.2 Å². The first-order valence-corrected chi connectivity index (χ1v) is 22.5. The van der Waals surface area contributed by atoms with Crippen LogP contribution >= 0.6 is 0 Å². The first kappa shape index (κ1) is 41.1. The standard InChI is InChI=1S/C48H82O3/c1-9-10-11-12-13-14-15-16-17-18-19-20-21-22-23-24-35-51-41-29-30-45(6)39(44(41,4)5)28-31-47(8)40(45)26-25-38-42-37(3)36(2)27-32-48(42,43(49)50)34-33-46(38,47)7/h16-17,25,36-37,39-42H,9-15,18-24,26-35H2,1-8H3,(H,49,50)/t36-,37+,39?,40-,41+,42+,45+,46-,47-,48+/m1/s1. The second kappa shape index (κ2) is 17.1. The highest BCUT2D eigenvalue weighted by Gasteiger charge is 2.69. The molecule has 51 heavy (non-hydrogen) atoms. The third-order valence-electron chi connectivity index (χ3n) is 17.3. The number of carbonyl (C=O) groups is 1. The van der Waals surface area contributed by atoms with Crippen LogP contribution in [-0.2, 0) is 9.53 Å². The summed E-state index contributed by atoms with van der Waals surface area (Å²) >= 11 is 0. The van der Waals surface area contributed by atoms with Crippen molar-refractivity contribution in [3.63, 3.8) is 0 Å². The van der Waals surface area contributed by atoms with E-state index in [2.05, 4.69) is 73.6 Å². The number of rotatable bonds is 18. The van der Waals surface area contributed by atoms with Gasteiger partial charge in [0.2, 0.25) is 0 Å². The molecule has 292 valence electrons. The predicted octanol–water partition coefficient (Wildman–Crippen LogP) is 14.2. The molecule has 0 heterocycles. The molecule has 3 nitrogen and oxygen atoms in total. The third kappa shape index (κ3) is 7.87. The number of hydrogen-bond acceptors (Lipinski definition) is 2. The van der Waals surface area contributed by atoms with E-state index < -0.39 is 11.4 Å². The SMILES string of the molecule is CCCCCCCCC=CCCCCCCCCO[C@H]1CC[C@@]2(C)C(CC[C@]3(C)[C@@H]2CC=C2[C@@H]4[C@@H](C)[C@H](C)CC[C@]4(C(=O)O)CC[C@]23C)C1(C)C. The Morgan fingerprint density at radius 3 is 2.04 bits per heavy atom. The topological polar surface area (TPSA) is 46.5 Å². The van der Waals surface area contributed by atoms with Gasteiger partial charge in [-0.1, -0.05) is 137 Å². The van der Waals surface area contributed by atoms with Crippen molar-refractivity contribution in [2.75, 3.05) is 6.61 Å². The van der Waals surface area contributed by atoms with Crippen LogP contribution in [0.1, 0.15) is 203 Å². The minimum Gasteiger partial charge on any atom is -0.481 e. The molecule has 5 rings (SSSR count). The number of hydrogen-bond donors (Lipinski definition) is 1. The average molecular weight is 707 g/mol. The number of aliphatic carboxylic acids is 1.